The summed E-state index contributed by atoms with van der Waals surface area (Å²) in [5.41, 5.74) is 2.08. The highest BCUT2D eigenvalue weighted by atomic mass is 16.3. The maximum Gasteiger partial charge on any atom is 0.105 e. The molecule has 2 nitrogen and oxygen atoms in total. The van der Waals surface area contributed by atoms with Gasteiger partial charge in [0, 0.05) is 0 Å². The van der Waals surface area contributed by atoms with Gasteiger partial charge in [0.2, 0.25) is 0 Å². The minimum absolute atomic E-state index is 0.305. The molecule has 0 amide bonds. The summed E-state index contributed by atoms with van der Waals surface area (Å²) in [5.74, 6) is 0.805. The molecule has 1 aliphatic carbocycles. The number of aliphatic hydroxyl groups excluding tert-OH is 2. The lowest BCUT2D eigenvalue weighted by atomic mass is 9.97. The van der Waals surface area contributed by atoms with E-state index >= 15 is 0 Å². The highest BCUT2D eigenvalue weighted by Crippen LogP contribution is 2.38. The second kappa shape index (κ2) is 4.56. The van der Waals surface area contributed by atoms with Crippen LogP contribution in [0.2, 0.25) is 0 Å². The van der Waals surface area contributed by atoms with Crippen LogP contribution >= 0.6 is 0 Å². The van der Waals surface area contributed by atoms with E-state index in [1.165, 1.54) is 5.56 Å². The molecule has 0 heterocycles. The zero-order chi connectivity index (χ0) is 11.7. The second-order valence-electron chi connectivity index (χ2n) is 5.09. The van der Waals surface area contributed by atoms with Crippen LogP contribution in [0.4, 0.5) is 0 Å². The van der Waals surface area contributed by atoms with Crippen LogP contribution in [-0.2, 0) is 0 Å². The third kappa shape index (κ3) is 2.45. The van der Waals surface area contributed by atoms with Crippen molar-refractivity contribution in [2.24, 2.45) is 5.92 Å². The van der Waals surface area contributed by atoms with Crippen LogP contribution in [-0.4, -0.2) is 16.3 Å². The molecule has 2 atom stereocenters. The smallest absolute Gasteiger partial charge is 0.105 e. The molecule has 0 spiro atoms. The van der Waals surface area contributed by atoms with Gasteiger partial charge in [0.1, 0.15) is 6.10 Å². The second-order valence-corrected chi connectivity index (χ2v) is 5.09. The monoisotopic (exact) mass is 220 g/mol. The van der Waals surface area contributed by atoms with Crippen molar-refractivity contribution in [1.82, 2.24) is 0 Å². The van der Waals surface area contributed by atoms with Crippen molar-refractivity contribution in [3.05, 3.63) is 35.4 Å². The summed E-state index contributed by atoms with van der Waals surface area (Å²) in [6, 6.07) is 7.91. The van der Waals surface area contributed by atoms with Gasteiger partial charge in [-0.15, -0.1) is 0 Å². The molecule has 0 radical (unpaired) electrons. The Balaban J connectivity index is 2.08. The highest BCUT2D eigenvalue weighted by Gasteiger charge is 2.34. The summed E-state index contributed by atoms with van der Waals surface area (Å²) in [6.45, 7) is 4.29. The van der Waals surface area contributed by atoms with Crippen molar-refractivity contribution in [3.63, 3.8) is 0 Å². The fourth-order valence-electron chi connectivity index (χ4n) is 1.97. The first-order valence-electron chi connectivity index (χ1n) is 6.05. The Morgan fingerprint density at radius 1 is 1.00 bits per heavy atom. The molecule has 0 bridgehead atoms. The molecular formula is C14H20O2. The third-order valence-electron chi connectivity index (χ3n) is 3.37. The molecule has 1 aromatic carbocycles. The van der Waals surface area contributed by atoms with Gasteiger partial charge in [-0.1, -0.05) is 38.1 Å². The number of hydrogen-bond acceptors (Lipinski definition) is 2. The molecular weight excluding hydrogens is 200 g/mol. The quantitative estimate of drug-likeness (QED) is 0.819. The van der Waals surface area contributed by atoms with Crippen molar-refractivity contribution in [2.75, 3.05) is 0 Å². The number of benzene rings is 1. The largest absolute Gasteiger partial charge is 0.390 e. The Bertz CT molecular complexity index is 338. The molecule has 1 aliphatic rings. The molecule has 2 heteroatoms. The van der Waals surface area contributed by atoms with E-state index in [1.54, 1.807) is 0 Å². The number of rotatable bonds is 4. The van der Waals surface area contributed by atoms with E-state index in [1.807, 2.05) is 24.3 Å². The minimum atomic E-state index is -0.728. The lowest BCUT2D eigenvalue weighted by Crippen LogP contribution is -2.20. The van der Waals surface area contributed by atoms with Crippen molar-refractivity contribution >= 4 is 0 Å². The Hall–Kier alpha value is -0.860. The predicted octanol–water partition coefficient (Wildman–Crippen LogP) is 2.61. The van der Waals surface area contributed by atoms with Gasteiger partial charge in [-0.2, -0.15) is 0 Å². The Morgan fingerprint density at radius 3 is 1.94 bits per heavy atom. The standard InChI is InChI=1S/C14H20O2/c1-9(2)10-3-5-11(6-4-10)13(15)14(16)12-7-8-12/h3-6,9,12-16H,7-8H2,1-2H3. The Labute approximate surface area is 96.9 Å². The minimum Gasteiger partial charge on any atom is -0.390 e. The van der Waals surface area contributed by atoms with Crippen LogP contribution in [0.3, 0.4) is 0 Å². The van der Waals surface area contributed by atoms with Crippen molar-refractivity contribution < 1.29 is 10.2 Å². The normalized spacial score (nSPS) is 19.8. The van der Waals surface area contributed by atoms with Crippen LogP contribution in [0.5, 0.6) is 0 Å². The average molecular weight is 220 g/mol. The van der Waals surface area contributed by atoms with E-state index in [0.29, 0.717) is 11.8 Å². The molecule has 0 saturated heterocycles. The molecule has 0 aliphatic heterocycles. The summed E-state index contributed by atoms with van der Waals surface area (Å²) >= 11 is 0. The van der Waals surface area contributed by atoms with Gasteiger partial charge in [0.05, 0.1) is 6.10 Å². The van der Waals surface area contributed by atoms with Gasteiger partial charge in [-0.25, -0.2) is 0 Å². The van der Waals surface area contributed by atoms with E-state index in [-0.39, 0.29) is 0 Å². The first kappa shape index (κ1) is 11.6. The molecule has 0 aromatic heterocycles. The molecule has 1 saturated carbocycles. The highest BCUT2D eigenvalue weighted by molar-refractivity contribution is 5.26. The first-order chi connectivity index (χ1) is 7.59. The molecule has 16 heavy (non-hydrogen) atoms. The maximum atomic E-state index is 9.98. The van der Waals surface area contributed by atoms with Gasteiger partial charge in [0.25, 0.3) is 0 Å². The average Bonchev–Trinajstić information content (AvgIpc) is 3.11. The summed E-state index contributed by atoms with van der Waals surface area (Å²) in [5, 5.41) is 19.8. The van der Waals surface area contributed by atoms with Crippen LogP contribution < -0.4 is 0 Å². The van der Waals surface area contributed by atoms with E-state index in [2.05, 4.69) is 13.8 Å². The van der Waals surface area contributed by atoms with E-state index in [9.17, 15) is 10.2 Å². The van der Waals surface area contributed by atoms with Crippen molar-refractivity contribution in [1.29, 1.82) is 0 Å². The summed E-state index contributed by atoms with van der Waals surface area (Å²) in [7, 11) is 0. The van der Waals surface area contributed by atoms with Crippen molar-refractivity contribution in [2.45, 2.75) is 44.8 Å². The van der Waals surface area contributed by atoms with E-state index in [4.69, 9.17) is 0 Å². The van der Waals surface area contributed by atoms with Gasteiger partial charge in [-0.05, 0) is 35.8 Å². The summed E-state index contributed by atoms with van der Waals surface area (Å²) in [4.78, 5) is 0. The summed E-state index contributed by atoms with van der Waals surface area (Å²) < 4.78 is 0. The lowest BCUT2D eigenvalue weighted by Gasteiger charge is -2.18. The van der Waals surface area contributed by atoms with Crippen LogP contribution in [0.1, 0.15) is 49.8 Å². The zero-order valence-electron chi connectivity index (χ0n) is 9.93. The third-order valence-corrected chi connectivity index (χ3v) is 3.37. The molecule has 2 unspecified atom stereocenters. The Kier molecular flexibility index (Phi) is 3.31. The van der Waals surface area contributed by atoms with E-state index in [0.717, 1.165) is 18.4 Å². The summed E-state index contributed by atoms with van der Waals surface area (Å²) in [6.07, 6.45) is 0.767. The molecule has 2 N–H and O–H groups in total. The van der Waals surface area contributed by atoms with Gasteiger partial charge in [-0.3, -0.25) is 0 Å². The van der Waals surface area contributed by atoms with Gasteiger partial charge >= 0.3 is 0 Å². The topological polar surface area (TPSA) is 40.5 Å². The lowest BCUT2D eigenvalue weighted by molar-refractivity contribution is 0.00484. The number of hydrogen-bond donors (Lipinski definition) is 2. The molecule has 1 aromatic rings. The fourth-order valence-corrected chi connectivity index (χ4v) is 1.97. The Morgan fingerprint density at radius 2 is 1.50 bits per heavy atom. The molecule has 2 rings (SSSR count). The fraction of sp³-hybridized carbons (Fsp3) is 0.571. The predicted molar refractivity (Wildman–Crippen MR) is 64.2 cm³/mol. The SMILES string of the molecule is CC(C)c1ccc(C(O)C(O)C2CC2)cc1. The van der Waals surface area contributed by atoms with Crippen LogP contribution in [0.25, 0.3) is 0 Å². The van der Waals surface area contributed by atoms with Gasteiger partial charge < -0.3 is 10.2 Å². The maximum absolute atomic E-state index is 9.98. The molecule has 88 valence electrons. The molecule has 1 fully saturated rings. The van der Waals surface area contributed by atoms with E-state index < -0.39 is 12.2 Å². The first-order valence-corrected chi connectivity index (χ1v) is 6.05. The van der Waals surface area contributed by atoms with Crippen LogP contribution in [0.15, 0.2) is 24.3 Å². The van der Waals surface area contributed by atoms with Gasteiger partial charge in [0.15, 0.2) is 0 Å². The zero-order valence-corrected chi connectivity index (χ0v) is 9.93. The number of aliphatic hydroxyl groups is 2. The van der Waals surface area contributed by atoms with Crippen LogP contribution in [0, 0.1) is 5.92 Å². The van der Waals surface area contributed by atoms with Crippen molar-refractivity contribution in [3.8, 4) is 0 Å².